The molecule has 0 saturated carbocycles. The molecular weight excluding hydrogens is 565 g/mol. The van der Waals surface area contributed by atoms with Crippen LogP contribution in [0.1, 0.15) is 54.1 Å². The van der Waals surface area contributed by atoms with Crippen molar-refractivity contribution in [2.75, 3.05) is 17.7 Å². The Morgan fingerprint density at radius 3 is 2.81 bits per heavy atom. The fraction of sp³-hybridized carbons (Fsp3) is 0.276. The molecule has 2 aromatic heterocycles. The number of hydrogen-bond donors (Lipinski definition) is 4. The Kier molecular flexibility index (Phi) is 8.25. The van der Waals surface area contributed by atoms with E-state index in [4.69, 9.17) is 11.6 Å². The molecule has 0 aliphatic carbocycles. The minimum atomic E-state index is -0.635. The van der Waals surface area contributed by atoms with Crippen LogP contribution in [-0.2, 0) is 9.53 Å². The zero-order valence-electron chi connectivity index (χ0n) is 23.1. The Morgan fingerprint density at radius 2 is 2.02 bits per heavy atom. The lowest BCUT2D eigenvalue weighted by Gasteiger charge is -2.22. The van der Waals surface area contributed by atoms with Gasteiger partial charge in [-0.25, -0.2) is 18.9 Å². The fourth-order valence-corrected chi connectivity index (χ4v) is 5.07. The van der Waals surface area contributed by atoms with Crippen molar-refractivity contribution in [1.82, 2.24) is 25.1 Å². The first-order valence-corrected chi connectivity index (χ1v) is 13.7. The third-order valence-electron chi connectivity index (χ3n) is 7.16. The summed E-state index contributed by atoms with van der Waals surface area (Å²) < 4.78 is 20.7. The van der Waals surface area contributed by atoms with Crippen molar-refractivity contribution in [2.24, 2.45) is 5.92 Å². The molecule has 5 rings (SSSR count). The molecule has 0 fully saturated rings. The second-order valence-corrected chi connectivity index (χ2v) is 10.5. The summed E-state index contributed by atoms with van der Waals surface area (Å²) >= 11 is 5.95. The number of nitrogens with one attached hydrogen (secondary N) is 4. The molecule has 3 amide bonds. The number of anilines is 2. The van der Waals surface area contributed by atoms with Crippen molar-refractivity contribution >= 4 is 40.9 Å². The topological polar surface area (TPSA) is 143 Å². The maximum Gasteiger partial charge on any atom is 0.411 e. The highest BCUT2D eigenvalue weighted by Gasteiger charge is 2.26. The van der Waals surface area contributed by atoms with E-state index in [1.54, 1.807) is 37.4 Å². The lowest BCUT2D eigenvalue weighted by atomic mass is 9.95. The molecule has 3 heterocycles. The summed E-state index contributed by atoms with van der Waals surface area (Å²) in [6, 6.07) is 9.13. The van der Waals surface area contributed by atoms with E-state index in [9.17, 15) is 18.8 Å². The summed E-state index contributed by atoms with van der Waals surface area (Å²) in [7, 11) is 1.26. The summed E-state index contributed by atoms with van der Waals surface area (Å²) in [5.41, 5.74) is 3.03. The summed E-state index contributed by atoms with van der Waals surface area (Å²) in [6.07, 6.45) is 3.71. The Labute approximate surface area is 245 Å². The molecule has 0 saturated heterocycles. The van der Waals surface area contributed by atoms with Crippen LogP contribution < -0.4 is 16.0 Å². The number of nitrogens with zero attached hydrogens (tertiary/aromatic N) is 3. The van der Waals surface area contributed by atoms with Gasteiger partial charge >= 0.3 is 6.09 Å². The quantitative estimate of drug-likeness (QED) is 0.236. The van der Waals surface area contributed by atoms with Crippen molar-refractivity contribution in [1.29, 1.82) is 0 Å². The molecule has 13 heteroatoms. The van der Waals surface area contributed by atoms with Crippen molar-refractivity contribution < 1.29 is 23.5 Å². The number of carbonyl (C=O) groups excluding carboxylic acids is 3. The van der Waals surface area contributed by atoms with Crippen LogP contribution in [-0.4, -0.2) is 44.8 Å². The Morgan fingerprint density at radius 1 is 1.21 bits per heavy atom. The molecule has 1 unspecified atom stereocenters. The molecule has 2 bridgehead atoms. The van der Waals surface area contributed by atoms with Gasteiger partial charge in [-0.1, -0.05) is 24.6 Å². The number of rotatable bonds is 4. The maximum absolute atomic E-state index is 14.7. The minimum Gasteiger partial charge on any atom is -0.453 e. The Hall–Kier alpha value is -4.71. The van der Waals surface area contributed by atoms with Gasteiger partial charge in [0, 0.05) is 17.7 Å². The van der Waals surface area contributed by atoms with Gasteiger partial charge in [-0.3, -0.25) is 14.9 Å². The molecule has 0 spiro atoms. The predicted molar refractivity (Wildman–Crippen MR) is 155 cm³/mol. The number of halogens is 2. The first-order chi connectivity index (χ1) is 20.1. The predicted octanol–water partition coefficient (Wildman–Crippen LogP) is 5.77. The third kappa shape index (κ3) is 5.98. The van der Waals surface area contributed by atoms with Gasteiger partial charge in [0.15, 0.2) is 5.82 Å². The molecule has 4 N–H and O–H groups in total. The van der Waals surface area contributed by atoms with Crippen LogP contribution in [0, 0.1) is 18.7 Å². The maximum atomic E-state index is 14.7. The molecule has 4 aromatic rings. The first kappa shape index (κ1) is 28.8. The van der Waals surface area contributed by atoms with Gasteiger partial charge in [-0.05, 0) is 56.0 Å². The van der Waals surface area contributed by atoms with Crippen molar-refractivity contribution in [3.8, 4) is 16.9 Å². The number of aromatic nitrogens is 4. The fourth-order valence-electron chi connectivity index (χ4n) is 4.90. The van der Waals surface area contributed by atoms with Gasteiger partial charge in [-0.2, -0.15) is 5.10 Å². The summed E-state index contributed by atoms with van der Waals surface area (Å²) in [5, 5.41) is 12.8. The van der Waals surface area contributed by atoms with E-state index in [0.29, 0.717) is 47.0 Å². The van der Waals surface area contributed by atoms with Gasteiger partial charge in [0.25, 0.3) is 5.91 Å². The lowest BCUT2D eigenvalue weighted by Crippen LogP contribution is -2.31. The third-order valence-corrected chi connectivity index (χ3v) is 7.45. The highest BCUT2D eigenvalue weighted by atomic mass is 35.5. The van der Waals surface area contributed by atoms with E-state index < -0.39 is 23.9 Å². The average Bonchev–Trinajstić information content (AvgIpc) is 3.60. The van der Waals surface area contributed by atoms with E-state index >= 15 is 0 Å². The largest absolute Gasteiger partial charge is 0.453 e. The van der Waals surface area contributed by atoms with E-state index in [0.717, 1.165) is 0 Å². The van der Waals surface area contributed by atoms with Gasteiger partial charge < -0.3 is 20.4 Å². The molecular formula is C29H29ClFN7O4. The summed E-state index contributed by atoms with van der Waals surface area (Å²) in [5.74, 6) is -0.641. The molecule has 0 radical (unpaired) electrons. The second kappa shape index (κ2) is 12.0. The Balaban J connectivity index is 1.45. The first-order valence-electron chi connectivity index (χ1n) is 13.3. The van der Waals surface area contributed by atoms with Crippen molar-refractivity contribution in [2.45, 2.75) is 39.2 Å². The van der Waals surface area contributed by atoms with Crippen LogP contribution in [0.2, 0.25) is 5.02 Å². The highest BCUT2D eigenvalue weighted by Crippen LogP contribution is 2.33. The molecule has 2 atom stereocenters. The number of ether oxygens (including phenoxy) is 1. The van der Waals surface area contributed by atoms with E-state index in [1.165, 1.54) is 30.1 Å². The van der Waals surface area contributed by atoms with Gasteiger partial charge in [0.05, 0.1) is 53.2 Å². The number of fused-ring (bicyclic) bond motifs is 4. The monoisotopic (exact) mass is 593 g/mol. The Bertz CT molecular complexity index is 1670. The van der Waals surface area contributed by atoms with Crippen molar-refractivity contribution in [3.05, 3.63) is 76.7 Å². The number of H-pyrrole nitrogens is 1. The van der Waals surface area contributed by atoms with Gasteiger partial charge in [-0.15, -0.1) is 0 Å². The number of imidazole rings is 1. The number of aromatic amines is 1. The molecule has 42 heavy (non-hydrogen) atoms. The summed E-state index contributed by atoms with van der Waals surface area (Å²) in [6.45, 7) is 3.68. The van der Waals surface area contributed by atoms with Crippen LogP contribution in [0.25, 0.3) is 16.9 Å². The molecule has 1 aliphatic heterocycles. The number of amides is 3. The number of methoxy groups -OCH3 is 1. The normalized spacial score (nSPS) is 16.8. The number of benzene rings is 2. The smallest absolute Gasteiger partial charge is 0.411 e. The average molecular weight is 594 g/mol. The minimum absolute atomic E-state index is 0.0459. The van der Waals surface area contributed by atoms with Gasteiger partial charge in [0.1, 0.15) is 11.5 Å². The second-order valence-electron chi connectivity index (χ2n) is 10.1. The summed E-state index contributed by atoms with van der Waals surface area (Å²) in [4.78, 5) is 45.9. The molecule has 11 nitrogen and oxygen atoms in total. The zero-order chi connectivity index (χ0) is 30.0. The molecule has 2 aromatic carbocycles. The number of hydrogen-bond acceptors (Lipinski definition) is 6. The van der Waals surface area contributed by atoms with E-state index in [1.807, 2.05) is 6.92 Å². The SMILES string of the molecule is COC(=O)Nc1ccc2c(c1)NC(=O)CCC(C)C[C@H](NC(=O)c1cnn(-c3cccc(Cl)c3F)c1C)c1ncc-2[nH]1. The van der Waals surface area contributed by atoms with E-state index in [2.05, 4.69) is 35.8 Å². The zero-order valence-corrected chi connectivity index (χ0v) is 23.9. The standard InChI is InChI=1S/C29H29ClFN7O4/c1-15-7-10-25(39)35-21-12-17(34-29(41)42-3)8-9-18(21)23-14-32-27(36-23)22(11-15)37-28(40)19-13-33-38(16(19)2)24-6-4-5-20(30)26(24)31/h4-6,8-9,12-15,22H,7,10-11H2,1-3H3,(H,32,36)(H,34,41)(H,35,39)(H,37,40)/t15?,22-/m0/s1. The van der Waals surface area contributed by atoms with Crippen molar-refractivity contribution in [3.63, 3.8) is 0 Å². The van der Waals surface area contributed by atoms with Crippen LogP contribution >= 0.6 is 11.6 Å². The van der Waals surface area contributed by atoms with Crippen LogP contribution in [0.4, 0.5) is 20.6 Å². The van der Waals surface area contributed by atoms with Crippen LogP contribution in [0.3, 0.4) is 0 Å². The van der Waals surface area contributed by atoms with Crippen LogP contribution in [0.15, 0.2) is 48.8 Å². The van der Waals surface area contributed by atoms with Gasteiger partial charge in [0.2, 0.25) is 5.91 Å². The highest BCUT2D eigenvalue weighted by molar-refractivity contribution is 6.30. The molecule has 1 aliphatic rings. The molecule has 218 valence electrons. The van der Waals surface area contributed by atoms with E-state index in [-0.39, 0.29) is 34.5 Å². The van der Waals surface area contributed by atoms with Crippen LogP contribution in [0.5, 0.6) is 0 Å². The lowest BCUT2D eigenvalue weighted by molar-refractivity contribution is -0.116. The number of carbonyl (C=O) groups is 3.